The van der Waals surface area contributed by atoms with Crippen LogP contribution in [0, 0.1) is 0 Å². The lowest BCUT2D eigenvalue weighted by Gasteiger charge is -2.28. The molecular formula is C22H28F2N8O. The molecule has 1 saturated heterocycles. The van der Waals surface area contributed by atoms with Crippen molar-refractivity contribution in [3.63, 3.8) is 0 Å². The summed E-state index contributed by atoms with van der Waals surface area (Å²) >= 11 is 0. The Morgan fingerprint density at radius 1 is 1.00 bits per heavy atom. The highest BCUT2D eigenvalue weighted by molar-refractivity contribution is 5.77. The van der Waals surface area contributed by atoms with Gasteiger partial charge in [-0.3, -0.25) is 4.57 Å². The van der Waals surface area contributed by atoms with Gasteiger partial charge in [0.25, 0.3) is 6.43 Å². The topological polar surface area (TPSA) is 107 Å². The summed E-state index contributed by atoms with van der Waals surface area (Å²) in [6.07, 6.45) is 1.19. The molecule has 1 saturated carbocycles. The molecule has 1 aliphatic heterocycles. The number of benzene rings is 1. The Hall–Kier alpha value is -2.76. The monoisotopic (exact) mass is 458 g/mol. The minimum absolute atomic E-state index is 0.151. The van der Waals surface area contributed by atoms with Crippen molar-refractivity contribution in [2.24, 2.45) is 5.73 Å². The largest absolute Gasteiger partial charge is 0.378 e. The third-order valence-electron chi connectivity index (χ3n) is 6.25. The number of ether oxygens (including phenoxy) is 1. The summed E-state index contributed by atoms with van der Waals surface area (Å²) in [6.45, 7) is 2.80. The molecule has 0 unspecified atom stereocenters. The number of imidazole rings is 1. The molecule has 2 fully saturated rings. The van der Waals surface area contributed by atoms with Gasteiger partial charge in [0, 0.05) is 25.2 Å². The highest BCUT2D eigenvalue weighted by Gasteiger charge is 2.25. The van der Waals surface area contributed by atoms with Crippen LogP contribution in [0.4, 0.5) is 14.7 Å². The van der Waals surface area contributed by atoms with Gasteiger partial charge in [-0.2, -0.15) is 15.0 Å². The van der Waals surface area contributed by atoms with Crippen molar-refractivity contribution >= 4 is 17.0 Å². The smallest absolute Gasteiger partial charge is 0.296 e. The number of hydrogen-bond donors (Lipinski definition) is 2. The number of aromatic nitrogens is 5. The first-order valence-corrected chi connectivity index (χ1v) is 11.4. The van der Waals surface area contributed by atoms with E-state index in [2.05, 4.69) is 25.3 Å². The molecular weight excluding hydrogens is 430 g/mol. The van der Waals surface area contributed by atoms with E-state index < -0.39 is 6.43 Å². The van der Waals surface area contributed by atoms with Gasteiger partial charge in [-0.05, 0) is 37.8 Å². The minimum Gasteiger partial charge on any atom is -0.378 e. The summed E-state index contributed by atoms with van der Waals surface area (Å²) in [4.78, 5) is 20.0. The Morgan fingerprint density at radius 2 is 1.73 bits per heavy atom. The number of hydrogen-bond acceptors (Lipinski definition) is 8. The molecule has 5 rings (SSSR count). The Morgan fingerprint density at radius 3 is 2.48 bits per heavy atom. The number of rotatable bonds is 6. The average molecular weight is 459 g/mol. The predicted octanol–water partition coefficient (Wildman–Crippen LogP) is 2.34. The standard InChI is InChI=1S/C22H28F2N8O/c23-19(24)20-27-16-3-1-2-4-17(16)32(20)22-29-18(13-26-15-7-5-14(25)6-8-15)28-21(30-22)31-9-11-33-12-10-31/h1-4,14-15,19,26H,5-13,25H2. The first-order valence-electron chi connectivity index (χ1n) is 11.4. The van der Waals surface area contributed by atoms with Crippen LogP contribution in [0.15, 0.2) is 24.3 Å². The fourth-order valence-electron chi connectivity index (χ4n) is 4.44. The Labute approximate surface area is 190 Å². The number of alkyl halides is 2. The summed E-state index contributed by atoms with van der Waals surface area (Å²) in [5.74, 6) is 0.742. The number of halogens is 2. The normalized spacial score (nSPS) is 21.8. The van der Waals surface area contributed by atoms with E-state index in [4.69, 9.17) is 10.5 Å². The van der Waals surface area contributed by atoms with Gasteiger partial charge in [-0.15, -0.1) is 0 Å². The van der Waals surface area contributed by atoms with E-state index in [0.717, 1.165) is 25.7 Å². The Bertz CT molecular complexity index is 1090. The van der Waals surface area contributed by atoms with Gasteiger partial charge in [0.1, 0.15) is 5.82 Å². The van der Waals surface area contributed by atoms with Gasteiger partial charge in [-0.1, -0.05) is 12.1 Å². The molecule has 3 N–H and O–H groups in total. The Balaban J connectivity index is 1.52. The maximum Gasteiger partial charge on any atom is 0.296 e. The van der Waals surface area contributed by atoms with Crippen LogP contribution < -0.4 is 16.0 Å². The molecule has 1 aliphatic carbocycles. The molecule has 33 heavy (non-hydrogen) atoms. The molecule has 0 bridgehead atoms. The lowest BCUT2D eigenvalue weighted by Crippen LogP contribution is -2.39. The zero-order valence-corrected chi connectivity index (χ0v) is 18.3. The summed E-state index contributed by atoms with van der Waals surface area (Å²) in [6, 6.07) is 7.61. The molecule has 9 nitrogen and oxygen atoms in total. The van der Waals surface area contributed by atoms with E-state index in [9.17, 15) is 8.78 Å². The van der Waals surface area contributed by atoms with E-state index in [1.807, 2.05) is 4.90 Å². The third-order valence-corrected chi connectivity index (χ3v) is 6.25. The van der Waals surface area contributed by atoms with Crippen molar-refractivity contribution in [1.29, 1.82) is 0 Å². The van der Waals surface area contributed by atoms with Gasteiger partial charge in [0.15, 0.2) is 5.82 Å². The van der Waals surface area contributed by atoms with Crippen molar-refractivity contribution in [2.75, 3.05) is 31.2 Å². The van der Waals surface area contributed by atoms with Crippen molar-refractivity contribution in [3.8, 4) is 5.95 Å². The predicted molar refractivity (Wildman–Crippen MR) is 120 cm³/mol. The summed E-state index contributed by atoms with van der Waals surface area (Å²) in [7, 11) is 0. The van der Waals surface area contributed by atoms with Crippen LogP contribution in [0.3, 0.4) is 0 Å². The van der Waals surface area contributed by atoms with Crippen molar-refractivity contribution in [3.05, 3.63) is 35.9 Å². The number of nitrogens with zero attached hydrogens (tertiary/aromatic N) is 6. The molecule has 0 spiro atoms. The SMILES string of the molecule is NC1CCC(NCc2nc(N3CCOCC3)nc(-n3c(C(F)F)nc4ccccc43)n2)CC1. The number of nitrogens with two attached hydrogens (primary N) is 1. The molecule has 3 heterocycles. The maximum atomic E-state index is 13.9. The molecule has 11 heteroatoms. The second-order valence-corrected chi connectivity index (χ2v) is 8.54. The second-order valence-electron chi connectivity index (χ2n) is 8.54. The summed E-state index contributed by atoms with van der Waals surface area (Å²) < 4.78 is 34.6. The number of fused-ring (bicyclic) bond motifs is 1. The van der Waals surface area contributed by atoms with Gasteiger partial charge in [0.05, 0.1) is 30.8 Å². The molecule has 2 aromatic heterocycles. The fourth-order valence-corrected chi connectivity index (χ4v) is 4.44. The zero-order chi connectivity index (χ0) is 22.8. The van der Waals surface area contributed by atoms with Crippen LogP contribution >= 0.6 is 0 Å². The van der Waals surface area contributed by atoms with Crippen LogP contribution in [-0.4, -0.2) is 62.9 Å². The highest BCUT2D eigenvalue weighted by atomic mass is 19.3. The molecule has 3 aromatic rings. The van der Waals surface area contributed by atoms with Crippen LogP contribution in [-0.2, 0) is 11.3 Å². The number of para-hydroxylation sites is 2. The highest BCUT2D eigenvalue weighted by Crippen LogP contribution is 2.27. The quantitative estimate of drug-likeness (QED) is 0.580. The lowest BCUT2D eigenvalue weighted by atomic mass is 9.92. The molecule has 1 aromatic carbocycles. The first kappa shape index (κ1) is 22.1. The van der Waals surface area contributed by atoms with E-state index in [-0.39, 0.29) is 17.8 Å². The number of morpholine rings is 1. The van der Waals surface area contributed by atoms with E-state index in [1.54, 1.807) is 24.3 Å². The van der Waals surface area contributed by atoms with E-state index in [0.29, 0.717) is 61.7 Å². The lowest BCUT2D eigenvalue weighted by molar-refractivity contribution is 0.122. The van der Waals surface area contributed by atoms with E-state index >= 15 is 0 Å². The van der Waals surface area contributed by atoms with Crippen molar-refractivity contribution in [2.45, 2.75) is 50.7 Å². The van der Waals surface area contributed by atoms with Gasteiger partial charge < -0.3 is 20.7 Å². The molecule has 0 atom stereocenters. The van der Waals surface area contributed by atoms with Crippen molar-refractivity contribution < 1.29 is 13.5 Å². The minimum atomic E-state index is -2.77. The fraction of sp³-hybridized carbons (Fsp3) is 0.545. The van der Waals surface area contributed by atoms with Gasteiger partial charge >= 0.3 is 0 Å². The van der Waals surface area contributed by atoms with E-state index in [1.165, 1.54) is 4.57 Å². The van der Waals surface area contributed by atoms with Crippen LogP contribution in [0.25, 0.3) is 17.0 Å². The van der Waals surface area contributed by atoms with Gasteiger partial charge in [0.2, 0.25) is 11.9 Å². The summed E-state index contributed by atoms with van der Waals surface area (Å²) in [5, 5.41) is 3.51. The first-order chi connectivity index (χ1) is 16.1. The summed E-state index contributed by atoms with van der Waals surface area (Å²) in [5.41, 5.74) is 7.02. The zero-order valence-electron chi connectivity index (χ0n) is 18.3. The average Bonchev–Trinajstić information content (AvgIpc) is 3.24. The third kappa shape index (κ3) is 4.80. The molecule has 0 amide bonds. The molecule has 2 aliphatic rings. The van der Waals surface area contributed by atoms with Crippen LogP contribution in [0.5, 0.6) is 0 Å². The van der Waals surface area contributed by atoms with Crippen molar-refractivity contribution in [1.82, 2.24) is 29.8 Å². The maximum absolute atomic E-state index is 13.9. The molecule has 176 valence electrons. The van der Waals surface area contributed by atoms with Gasteiger partial charge in [-0.25, -0.2) is 13.8 Å². The Kier molecular flexibility index (Phi) is 6.43. The van der Waals surface area contributed by atoms with Crippen LogP contribution in [0.2, 0.25) is 0 Å². The number of anilines is 1. The van der Waals surface area contributed by atoms with Crippen LogP contribution in [0.1, 0.15) is 43.8 Å². The number of nitrogens with one attached hydrogen (secondary N) is 1. The second kappa shape index (κ2) is 9.62. The molecule has 0 radical (unpaired) electrons.